The maximum atomic E-state index is 4.13. The Morgan fingerprint density at radius 2 is 2.29 bits per heavy atom. The first-order chi connectivity index (χ1) is 6.83. The summed E-state index contributed by atoms with van der Waals surface area (Å²) >= 11 is 0. The van der Waals surface area contributed by atoms with E-state index in [2.05, 4.69) is 29.1 Å². The molecule has 0 fully saturated rings. The van der Waals surface area contributed by atoms with Gasteiger partial charge in [0, 0.05) is 18.4 Å². The van der Waals surface area contributed by atoms with Crippen LogP contribution in [0.3, 0.4) is 0 Å². The second kappa shape index (κ2) is 6.46. The van der Waals surface area contributed by atoms with E-state index in [9.17, 15) is 0 Å². The van der Waals surface area contributed by atoms with Crippen molar-refractivity contribution >= 4 is 5.95 Å². The molecule has 1 aromatic rings. The van der Waals surface area contributed by atoms with Gasteiger partial charge in [-0.2, -0.15) is 0 Å². The van der Waals surface area contributed by atoms with Crippen molar-refractivity contribution < 1.29 is 0 Å². The van der Waals surface area contributed by atoms with Crippen molar-refractivity contribution in [3.8, 4) is 0 Å². The van der Waals surface area contributed by atoms with Crippen LogP contribution >= 0.6 is 0 Å². The van der Waals surface area contributed by atoms with Crippen LogP contribution in [0.15, 0.2) is 12.4 Å². The Bertz CT molecular complexity index is 218. The van der Waals surface area contributed by atoms with Gasteiger partial charge in [-0.15, -0.1) is 0 Å². The molecule has 14 heavy (non-hydrogen) atoms. The minimum absolute atomic E-state index is 0.512. The summed E-state index contributed by atoms with van der Waals surface area (Å²) in [6.07, 6.45) is 10.1. The standard InChI is InChI=1S/C11H21N3/c1-3-4-5-6-7-10(2)14-11-12-8-9-13-11/h8-10H,3-7H2,1-2H3,(H2,12,13,14). The summed E-state index contributed by atoms with van der Waals surface area (Å²) in [6, 6.07) is 0.512. The van der Waals surface area contributed by atoms with Gasteiger partial charge in [-0.05, 0) is 13.3 Å². The van der Waals surface area contributed by atoms with Crippen LogP contribution in [0.25, 0.3) is 0 Å². The normalized spacial score (nSPS) is 12.7. The second-order valence-corrected chi connectivity index (χ2v) is 3.83. The van der Waals surface area contributed by atoms with Crippen LogP contribution in [-0.4, -0.2) is 16.0 Å². The van der Waals surface area contributed by atoms with Crippen LogP contribution in [0.2, 0.25) is 0 Å². The Balaban J connectivity index is 2.07. The Morgan fingerprint density at radius 3 is 2.93 bits per heavy atom. The smallest absolute Gasteiger partial charge is 0.200 e. The molecule has 1 heterocycles. The van der Waals surface area contributed by atoms with E-state index in [0.717, 1.165) is 5.95 Å². The minimum atomic E-state index is 0.512. The van der Waals surface area contributed by atoms with Gasteiger partial charge < -0.3 is 10.3 Å². The molecule has 0 radical (unpaired) electrons. The van der Waals surface area contributed by atoms with E-state index in [-0.39, 0.29) is 0 Å². The van der Waals surface area contributed by atoms with Crippen LogP contribution in [-0.2, 0) is 0 Å². The van der Waals surface area contributed by atoms with Crippen LogP contribution < -0.4 is 5.32 Å². The van der Waals surface area contributed by atoms with Gasteiger partial charge in [0.2, 0.25) is 0 Å². The first-order valence-corrected chi connectivity index (χ1v) is 5.59. The summed E-state index contributed by atoms with van der Waals surface area (Å²) in [7, 11) is 0. The highest BCUT2D eigenvalue weighted by molar-refractivity contribution is 5.23. The van der Waals surface area contributed by atoms with Crippen molar-refractivity contribution in [2.24, 2.45) is 0 Å². The fraction of sp³-hybridized carbons (Fsp3) is 0.727. The van der Waals surface area contributed by atoms with Crippen molar-refractivity contribution in [3.63, 3.8) is 0 Å². The quantitative estimate of drug-likeness (QED) is 0.656. The van der Waals surface area contributed by atoms with Gasteiger partial charge in [0.15, 0.2) is 5.95 Å². The Hall–Kier alpha value is -0.990. The molecule has 0 aliphatic carbocycles. The zero-order valence-electron chi connectivity index (χ0n) is 9.21. The molecule has 3 heteroatoms. The molecule has 0 saturated heterocycles. The lowest BCUT2D eigenvalue weighted by Gasteiger charge is -2.12. The molecule has 3 nitrogen and oxygen atoms in total. The molecule has 1 atom stereocenters. The summed E-state index contributed by atoms with van der Waals surface area (Å²) in [5.41, 5.74) is 0. The minimum Gasteiger partial charge on any atom is -0.353 e. The van der Waals surface area contributed by atoms with Gasteiger partial charge in [-0.25, -0.2) is 4.98 Å². The molecule has 2 N–H and O–H groups in total. The molecule has 80 valence electrons. The average molecular weight is 195 g/mol. The fourth-order valence-corrected chi connectivity index (χ4v) is 1.53. The van der Waals surface area contributed by atoms with Gasteiger partial charge in [0.1, 0.15) is 0 Å². The number of imidazole rings is 1. The second-order valence-electron chi connectivity index (χ2n) is 3.83. The summed E-state index contributed by atoms with van der Waals surface area (Å²) in [6.45, 7) is 4.44. The van der Waals surface area contributed by atoms with Gasteiger partial charge in [0.05, 0.1) is 0 Å². The molecular weight excluding hydrogens is 174 g/mol. The lowest BCUT2D eigenvalue weighted by atomic mass is 10.1. The fourth-order valence-electron chi connectivity index (χ4n) is 1.53. The number of unbranched alkanes of at least 4 members (excludes halogenated alkanes) is 3. The van der Waals surface area contributed by atoms with E-state index in [1.165, 1.54) is 32.1 Å². The van der Waals surface area contributed by atoms with E-state index in [0.29, 0.717) is 6.04 Å². The number of nitrogens with zero attached hydrogens (tertiary/aromatic N) is 1. The zero-order chi connectivity index (χ0) is 10.2. The Morgan fingerprint density at radius 1 is 1.43 bits per heavy atom. The largest absolute Gasteiger partial charge is 0.353 e. The molecule has 1 rings (SSSR count). The van der Waals surface area contributed by atoms with Crippen molar-refractivity contribution in [3.05, 3.63) is 12.4 Å². The predicted molar refractivity (Wildman–Crippen MR) is 60.4 cm³/mol. The van der Waals surface area contributed by atoms with Crippen LogP contribution in [0.1, 0.15) is 46.0 Å². The molecule has 0 aliphatic rings. The lowest BCUT2D eigenvalue weighted by molar-refractivity contribution is 0.592. The van der Waals surface area contributed by atoms with Crippen LogP contribution in [0.4, 0.5) is 5.95 Å². The maximum Gasteiger partial charge on any atom is 0.200 e. The van der Waals surface area contributed by atoms with E-state index in [1.54, 1.807) is 6.20 Å². The monoisotopic (exact) mass is 195 g/mol. The molecule has 0 amide bonds. The van der Waals surface area contributed by atoms with Crippen molar-refractivity contribution in [2.75, 3.05) is 5.32 Å². The topological polar surface area (TPSA) is 40.7 Å². The van der Waals surface area contributed by atoms with Crippen molar-refractivity contribution in [2.45, 2.75) is 52.0 Å². The predicted octanol–water partition coefficient (Wildman–Crippen LogP) is 3.18. The SMILES string of the molecule is CCCCCCC(C)Nc1ncc[nH]1. The van der Waals surface area contributed by atoms with Crippen LogP contribution in [0.5, 0.6) is 0 Å². The first-order valence-electron chi connectivity index (χ1n) is 5.59. The van der Waals surface area contributed by atoms with Gasteiger partial charge in [0.25, 0.3) is 0 Å². The Kier molecular flexibility index (Phi) is 5.12. The number of nitrogens with one attached hydrogen (secondary N) is 2. The summed E-state index contributed by atoms with van der Waals surface area (Å²) in [5, 5.41) is 3.33. The molecular formula is C11H21N3. The highest BCUT2D eigenvalue weighted by Crippen LogP contribution is 2.08. The molecule has 0 saturated carbocycles. The third-order valence-electron chi connectivity index (χ3n) is 2.37. The highest BCUT2D eigenvalue weighted by atomic mass is 15.1. The Labute approximate surface area is 86.3 Å². The van der Waals surface area contributed by atoms with E-state index >= 15 is 0 Å². The summed E-state index contributed by atoms with van der Waals surface area (Å²) in [5.74, 6) is 0.882. The number of hydrogen-bond acceptors (Lipinski definition) is 2. The number of aromatic nitrogens is 2. The molecule has 1 unspecified atom stereocenters. The van der Waals surface area contributed by atoms with Gasteiger partial charge in [-0.1, -0.05) is 32.6 Å². The number of hydrogen-bond donors (Lipinski definition) is 2. The third kappa shape index (κ3) is 4.30. The first kappa shape index (κ1) is 11.1. The van der Waals surface area contributed by atoms with E-state index in [4.69, 9.17) is 0 Å². The van der Waals surface area contributed by atoms with E-state index in [1.807, 2.05) is 6.20 Å². The molecule has 0 aliphatic heterocycles. The number of rotatable bonds is 7. The zero-order valence-corrected chi connectivity index (χ0v) is 9.21. The average Bonchev–Trinajstić information content (AvgIpc) is 2.65. The number of H-pyrrole nitrogens is 1. The molecule has 1 aromatic heterocycles. The van der Waals surface area contributed by atoms with Gasteiger partial charge >= 0.3 is 0 Å². The lowest BCUT2D eigenvalue weighted by Crippen LogP contribution is -2.15. The maximum absolute atomic E-state index is 4.13. The molecule has 0 bridgehead atoms. The highest BCUT2D eigenvalue weighted by Gasteiger charge is 2.02. The van der Waals surface area contributed by atoms with Crippen molar-refractivity contribution in [1.82, 2.24) is 9.97 Å². The van der Waals surface area contributed by atoms with Crippen molar-refractivity contribution in [1.29, 1.82) is 0 Å². The van der Waals surface area contributed by atoms with Crippen LogP contribution in [0, 0.1) is 0 Å². The number of anilines is 1. The summed E-state index contributed by atoms with van der Waals surface area (Å²) in [4.78, 5) is 7.18. The molecule has 0 spiro atoms. The molecule has 0 aromatic carbocycles. The summed E-state index contributed by atoms with van der Waals surface area (Å²) < 4.78 is 0. The van der Waals surface area contributed by atoms with E-state index < -0.39 is 0 Å². The number of aromatic amines is 1. The third-order valence-corrected chi connectivity index (χ3v) is 2.37. The van der Waals surface area contributed by atoms with Gasteiger partial charge in [-0.3, -0.25) is 0 Å².